The summed E-state index contributed by atoms with van der Waals surface area (Å²) in [4.78, 5) is 11.9. The first-order valence-corrected chi connectivity index (χ1v) is 10.1. The zero-order valence-electron chi connectivity index (χ0n) is 15.9. The Morgan fingerprint density at radius 3 is 2.77 bits per heavy atom. The van der Waals surface area contributed by atoms with Crippen LogP contribution in [0.5, 0.6) is 0 Å². The minimum Gasteiger partial charge on any atom is -0.451 e. The summed E-state index contributed by atoms with van der Waals surface area (Å²) >= 11 is 0. The van der Waals surface area contributed by atoms with E-state index in [1.807, 2.05) is 0 Å². The molecule has 5 rings (SSSR count). The van der Waals surface area contributed by atoms with Crippen molar-refractivity contribution in [3.63, 3.8) is 0 Å². The second-order valence-corrected chi connectivity index (χ2v) is 9.56. The Balaban J connectivity index is 0.00000168. The number of hydrogen-bond donors (Lipinski definition) is 1. The molecule has 4 heteroatoms. The van der Waals surface area contributed by atoms with E-state index in [2.05, 4.69) is 26.0 Å². The highest BCUT2D eigenvalue weighted by molar-refractivity contribution is 5.93. The Morgan fingerprint density at radius 2 is 2.04 bits per heavy atom. The van der Waals surface area contributed by atoms with Crippen molar-refractivity contribution >= 4 is 11.7 Å². The van der Waals surface area contributed by atoms with Crippen molar-refractivity contribution in [3.8, 4) is 0 Å². The van der Waals surface area contributed by atoms with Crippen LogP contribution < -0.4 is 0 Å². The van der Waals surface area contributed by atoms with Gasteiger partial charge >= 0.3 is 5.97 Å². The lowest BCUT2D eigenvalue weighted by atomic mass is 9.48. The van der Waals surface area contributed by atoms with Crippen LogP contribution in [0.4, 0.5) is 0 Å². The molecule has 0 amide bonds. The van der Waals surface area contributed by atoms with E-state index in [9.17, 15) is 4.79 Å². The number of hydrogen-bond acceptors (Lipinski definition) is 3. The molecule has 0 radical (unpaired) electrons. The van der Waals surface area contributed by atoms with Crippen LogP contribution in [0.1, 0.15) is 58.8 Å². The van der Waals surface area contributed by atoms with Crippen molar-refractivity contribution < 1.29 is 15.0 Å². The van der Waals surface area contributed by atoms with Gasteiger partial charge in [0.05, 0.1) is 0 Å². The average molecular weight is 357 g/mol. The van der Waals surface area contributed by atoms with Gasteiger partial charge in [-0.1, -0.05) is 19.4 Å². The topological polar surface area (TPSA) is 81.7 Å². The molecule has 1 spiro atoms. The van der Waals surface area contributed by atoms with Crippen molar-refractivity contribution in [3.05, 3.63) is 23.8 Å². The fraction of sp³-hybridized carbons (Fsp3) is 0.727. The summed E-state index contributed by atoms with van der Waals surface area (Å²) in [6.45, 7) is 4.83. The van der Waals surface area contributed by atoms with E-state index in [-0.39, 0.29) is 22.5 Å². The largest absolute Gasteiger partial charge is 0.451 e. The Labute approximate surface area is 155 Å². The summed E-state index contributed by atoms with van der Waals surface area (Å²) in [5.41, 5.74) is 2.17. The van der Waals surface area contributed by atoms with Gasteiger partial charge in [-0.3, -0.25) is 0 Å². The maximum atomic E-state index is 11.9. The molecule has 4 nitrogen and oxygen atoms in total. The van der Waals surface area contributed by atoms with Crippen LogP contribution >= 0.6 is 0 Å². The minimum absolute atomic E-state index is 0. The molecular weight excluding hydrogens is 326 g/mol. The summed E-state index contributed by atoms with van der Waals surface area (Å²) in [5.74, 6) is 3.44. The van der Waals surface area contributed by atoms with Gasteiger partial charge in [0.2, 0.25) is 0 Å². The third-order valence-electron chi connectivity index (χ3n) is 8.63. The van der Waals surface area contributed by atoms with Crippen molar-refractivity contribution in [1.29, 1.82) is 5.41 Å². The van der Waals surface area contributed by atoms with Gasteiger partial charge in [0.25, 0.3) is 0 Å². The minimum atomic E-state index is -0.329. The third kappa shape index (κ3) is 2.17. The standard InChI is InChI=1S/C22H29NO2.H2O/c1-13-11-14-12-15(23)3-4-16(14)17-5-8-21(2)18(20(13)17)6-9-22(21)10-7-19(24)25-22;/h7,10,12-13,16-18,20,23H,3-6,8-9,11H2,1-2H3;1H2/t13?,16-,17?,18?,20?,21-,22+;/m0./s1. The van der Waals surface area contributed by atoms with Gasteiger partial charge in [-0.15, -0.1) is 0 Å². The molecule has 5 aliphatic rings. The predicted octanol–water partition coefficient (Wildman–Crippen LogP) is 3.85. The van der Waals surface area contributed by atoms with E-state index in [4.69, 9.17) is 10.1 Å². The zero-order valence-corrected chi connectivity index (χ0v) is 15.9. The molecule has 0 aromatic rings. The lowest BCUT2D eigenvalue weighted by Gasteiger charge is -2.57. The van der Waals surface area contributed by atoms with Gasteiger partial charge in [0.15, 0.2) is 0 Å². The number of allylic oxidation sites excluding steroid dienone is 2. The van der Waals surface area contributed by atoms with Crippen LogP contribution in [-0.4, -0.2) is 22.8 Å². The number of fused-ring (bicyclic) bond motifs is 6. The van der Waals surface area contributed by atoms with E-state index < -0.39 is 0 Å². The molecule has 3 fully saturated rings. The average Bonchev–Trinajstić information content (AvgIpc) is 3.09. The molecular formula is C22H31NO3. The number of rotatable bonds is 0. The predicted molar refractivity (Wildman–Crippen MR) is 101 cm³/mol. The SMILES string of the molecule is CC1CC2=CC(=N)CC[C@@H]2C2CC[C@@]3(C)C(CC[C@@]34C=CC(=O)O4)C12.O. The zero-order chi connectivity index (χ0) is 17.4. The number of carbonyl (C=O) groups is 1. The van der Waals surface area contributed by atoms with Crippen molar-refractivity contribution in [2.45, 2.75) is 64.4 Å². The molecule has 1 aliphatic heterocycles. The first-order valence-electron chi connectivity index (χ1n) is 10.1. The van der Waals surface area contributed by atoms with Crippen molar-refractivity contribution in [2.24, 2.45) is 35.0 Å². The van der Waals surface area contributed by atoms with Crippen LogP contribution in [0.15, 0.2) is 23.8 Å². The van der Waals surface area contributed by atoms with Gasteiger partial charge in [-0.25, -0.2) is 4.79 Å². The first-order chi connectivity index (χ1) is 11.9. The summed E-state index contributed by atoms with van der Waals surface area (Å²) in [5, 5.41) is 8.05. The van der Waals surface area contributed by atoms with Crippen molar-refractivity contribution in [1.82, 2.24) is 0 Å². The normalized spacial score (nSPS) is 49.0. The molecule has 4 unspecified atom stereocenters. The highest BCUT2D eigenvalue weighted by Gasteiger charge is 2.65. The van der Waals surface area contributed by atoms with Crippen LogP contribution in [-0.2, 0) is 9.53 Å². The van der Waals surface area contributed by atoms with Gasteiger partial charge in [0, 0.05) is 17.2 Å². The van der Waals surface area contributed by atoms with Gasteiger partial charge < -0.3 is 15.6 Å². The Kier molecular flexibility index (Phi) is 4.00. The summed E-state index contributed by atoms with van der Waals surface area (Å²) in [7, 11) is 0. The maximum Gasteiger partial charge on any atom is 0.331 e. The molecule has 0 bridgehead atoms. The Hall–Kier alpha value is -1.42. The van der Waals surface area contributed by atoms with E-state index in [1.165, 1.54) is 32.1 Å². The molecule has 7 atom stereocenters. The molecule has 0 saturated heterocycles. The van der Waals surface area contributed by atoms with Gasteiger partial charge in [0.1, 0.15) is 5.60 Å². The molecule has 1 heterocycles. The van der Waals surface area contributed by atoms with Gasteiger partial charge in [-0.2, -0.15) is 0 Å². The number of nitrogens with one attached hydrogen (secondary N) is 1. The molecule has 3 saturated carbocycles. The third-order valence-corrected chi connectivity index (χ3v) is 8.63. The number of ether oxygens (including phenoxy) is 1. The quantitative estimate of drug-likeness (QED) is 0.668. The molecule has 0 aromatic carbocycles. The fourth-order valence-electron chi connectivity index (χ4n) is 7.55. The summed E-state index contributed by atoms with van der Waals surface area (Å²) < 4.78 is 5.93. The second-order valence-electron chi connectivity index (χ2n) is 9.56. The van der Waals surface area contributed by atoms with Crippen LogP contribution in [0.2, 0.25) is 0 Å². The molecule has 26 heavy (non-hydrogen) atoms. The summed E-state index contributed by atoms with van der Waals surface area (Å²) in [6.07, 6.45) is 13.9. The van der Waals surface area contributed by atoms with E-state index >= 15 is 0 Å². The second kappa shape index (κ2) is 5.79. The van der Waals surface area contributed by atoms with Crippen LogP contribution in [0.3, 0.4) is 0 Å². The van der Waals surface area contributed by atoms with Crippen LogP contribution in [0, 0.1) is 40.4 Å². The highest BCUT2D eigenvalue weighted by Crippen LogP contribution is 2.67. The monoisotopic (exact) mass is 357 g/mol. The van der Waals surface area contributed by atoms with Crippen molar-refractivity contribution in [2.75, 3.05) is 0 Å². The Bertz CT molecular complexity index is 710. The number of carbonyl (C=O) groups excluding carboxylic acids is 1. The van der Waals surface area contributed by atoms with E-state index in [1.54, 1.807) is 11.6 Å². The Morgan fingerprint density at radius 1 is 1.23 bits per heavy atom. The summed E-state index contributed by atoms with van der Waals surface area (Å²) in [6, 6.07) is 0. The van der Waals surface area contributed by atoms with E-state index in [0.717, 1.165) is 30.4 Å². The molecule has 142 valence electrons. The van der Waals surface area contributed by atoms with Crippen LogP contribution in [0.25, 0.3) is 0 Å². The van der Waals surface area contributed by atoms with E-state index in [0.29, 0.717) is 17.8 Å². The lowest BCUT2D eigenvalue weighted by Crippen LogP contribution is -2.54. The smallest absolute Gasteiger partial charge is 0.331 e. The molecule has 4 aliphatic carbocycles. The molecule has 0 aromatic heterocycles. The van der Waals surface area contributed by atoms with Gasteiger partial charge in [-0.05, 0) is 86.7 Å². The number of esters is 1. The lowest BCUT2D eigenvalue weighted by molar-refractivity contribution is -0.162. The molecule has 3 N–H and O–H groups in total. The maximum absolute atomic E-state index is 11.9. The highest BCUT2D eigenvalue weighted by atomic mass is 16.6. The fourth-order valence-corrected chi connectivity index (χ4v) is 7.55. The first kappa shape index (κ1) is 18.0.